The van der Waals surface area contributed by atoms with Crippen LogP contribution in [-0.2, 0) is 0 Å². The van der Waals surface area contributed by atoms with Crippen molar-refractivity contribution >= 4 is 0 Å². The average Bonchev–Trinajstić information content (AvgIpc) is 3.26. The maximum atomic E-state index is 13.3. The van der Waals surface area contributed by atoms with Crippen molar-refractivity contribution in [1.82, 2.24) is 5.32 Å². The molecular formula is C17H18FNO. The first-order chi connectivity index (χ1) is 9.76. The summed E-state index contributed by atoms with van der Waals surface area (Å²) in [6.07, 6.45) is 2.72. The predicted octanol–water partition coefficient (Wildman–Crippen LogP) is 3.68. The molecule has 0 radical (unpaired) electrons. The lowest BCUT2D eigenvalue weighted by atomic mass is 9.99. The molecule has 1 N–H and O–H groups in total. The highest BCUT2D eigenvalue weighted by Crippen LogP contribution is 2.29. The standard InChI is InChI=1S/C17H18FNO/c1-19-17(13-3-2-4-14(18)11-13)12-5-7-15(8-6-12)20-16-9-10-16/h2-8,11,16-17,19H,9-10H2,1H3. The molecule has 3 heteroatoms. The van der Waals surface area contributed by atoms with E-state index in [2.05, 4.69) is 5.32 Å². The molecule has 0 saturated heterocycles. The fourth-order valence-electron chi connectivity index (χ4n) is 2.33. The zero-order valence-corrected chi connectivity index (χ0v) is 11.5. The SMILES string of the molecule is CNC(c1ccc(OC2CC2)cc1)c1cccc(F)c1. The van der Waals surface area contributed by atoms with E-state index >= 15 is 0 Å². The molecule has 2 aromatic rings. The van der Waals surface area contributed by atoms with Crippen LogP contribution in [0, 0.1) is 5.82 Å². The molecule has 0 amide bonds. The first-order valence-electron chi connectivity index (χ1n) is 6.95. The number of hydrogen-bond acceptors (Lipinski definition) is 2. The molecule has 0 spiro atoms. The Kier molecular flexibility index (Phi) is 3.70. The van der Waals surface area contributed by atoms with E-state index < -0.39 is 0 Å². The first-order valence-corrected chi connectivity index (χ1v) is 6.95. The van der Waals surface area contributed by atoms with Gasteiger partial charge < -0.3 is 10.1 Å². The highest BCUT2D eigenvalue weighted by molar-refractivity contribution is 5.35. The van der Waals surface area contributed by atoms with Crippen LogP contribution in [0.5, 0.6) is 5.75 Å². The Balaban J connectivity index is 1.81. The van der Waals surface area contributed by atoms with E-state index in [9.17, 15) is 4.39 Å². The molecule has 20 heavy (non-hydrogen) atoms. The van der Waals surface area contributed by atoms with Gasteiger partial charge in [-0.3, -0.25) is 0 Å². The quantitative estimate of drug-likeness (QED) is 0.895. The molecule has 0 aliphatic heterocycles. The molecule has 1 aliphatic rings. The maximum Gasteiger partial charge on any atom is 0.123 e. The minimum atomic E-state index is -0.212. The van der Waals surface area contributed by atoms with E-state index in [4.69, 9.17) is 4.74 Å². The predicted molar refractivity (Wildman–Crippen MR) is 77.4 cm³/mol. The monoisotopic (exact) mass is 271 g/mol. The van der Waals surface area contributed by atoms with Gasteiger partial charge in [-0.2, -0.15) is 0 Å². The second-order valence-corrected chi connectivity index (χ2v) is 5.16. The molecule has 0 bridgehead atoms. The maximum absolute atomic E-state index is 13.3. The van der Waals surface area contributed by atoms with Gasteiger partial charge in [-0.1, -0.05) is 24.3 Å². The molecule has 1 fully saturated rings. The van der Waals surface area contributed by atoms with Gasteiger partial charge in [0.1, 0.15) is 11.6 Å². The molecule has 0 aromatic heterocycles. The van der Waals surface area contributed by atoms with Crippen molar-refractivity contribution < 1.29 is 9.13 Å². The lowest BCUT2D eigenvalue weighted by molar-refractivity contribution is 0.303. The van der Waals surface area contributed by atoms with Crippen LogP contribution in [0.25, 0.3) is 0 Å². The number of hydrogen-bond donors (Lipinski definition) is 1. The van der Waals surface area contributed by atoms with Crippen molar-refractivity contribution in [2.45, 2.75) is 25.0 Å². The fourth-order valence-corrected chi connectivity index (χ4v) is 2.33. The molecule has 1 aliphatic carbocycles. The van der Waals surface area contributed by atoms with E-state index in [1.54, 1.807) is 12.1 Å². The number of benzene rings is 2. The van der Waals surface area contributed by atoms with E-state index in [0.29, 0.717) is 6.10 Å². The van der Waals surface area contributed by atoms with Crippen molar-refractivity contribution in [1.29, 1.82) is 0 Å². The van der Waals surface area contributed by atoms with E-state index in [0.717, 1.165) is 29.7 Å². The van der Waals surface area contributed by atoms with Gasteiger partial charge in [0.25, 0.3) is 0 Å². The first kappa shape index (κ1) is 13.1. The van der Waals surface area contributed by atoms with E-state index in [-0.39, 0.29) is 11.9 Å². The van der Waals surface area contributed by atoms with Crippen LogP contribution >= 0.6 is 0 Å². The molecule has 3 rings (SSSR count). The number of halogens is 1. The summed E-state index contributed by atoms with van der Waals surface area (Å²) in [4.78, 5) is 0. The van der Waals surface area contributed by atoms with Gasteiger partial charge in [0.2, 0.25) is 0 Å². The van der Waals surface area contributed by atoms with Crippen LogP contribution in [0.3, 0.4) is 0 Å². The van der Waals surface area contributed by atoms with Gasteiger partial charge >= 0.3 is 0 Å². The van der Waals surface area contributed by atoms with Crippen molar-refractivity contribution in [3.63, 3.8) is 0 Å². The van der Waals surface area contributed by atoms with Gasteiger partial charge in [-0.05, 0) is 55.3 Å². The molecule has 1 saturated carbocycles. The van der Waals surface area contributed by atoms with Gasteiger partial charge in [-0.15, -0.1) is 0 Å². The van der Waals surface area contributed by atoms with Gasteiger partial charge in [-0.25, -0.2) is 4.39 Å². The molecule has 2 nitrogen and oxygen atoms in total. The summed E-state index contributed by atoms with van der Waals surface area (Å²) in [5.74, 6) is 0.696. The van der Waals surface area contributed by atoms with Crippen LogP contribution in [-0.4, -0.2) is 13.2 Å². The van der Waals surface area contributed by atoms with Gasteiger partial charge in [0.05, 0.1) is 12.1 Å². The largest absolute Gasteiger partial charge is 0.490 e. The topological polar surface area (TPSA) is 21.3 Å². The Hall–Kier alpha value is -1.87. The van der Waals surface area contributed by atoms with Crippen molar-refractivity contribution in [2.24, 2.45) is 0 Å². The Morgan fingerprint density at radius 2 is 1.85 bits per heavy atom. The molecule has 2 aromatic carbocycles. The molecule has 0 heterocycles. The molecule has 1 unspecified atom stereocenters. The Morgan fingerprint density at radius 1 is 1.10 bits per heavy atom. The van der Waals surface area contributed by atoms with Crippen molar-refractivity contribution in [3.8, 4) is 5.75 Å². The van der Waals surface area contributed by atoms with Crippen LogP contribution in [0.15, 0.2) is 48.5 Å². The van der Waals surface area contributed by atoms with Crippen LogP contribution in [0.1, 0.15) is 30.0 Å². The molecule has 1 atom stereocenters. The van der Waals surface area contributed by atoms with E-state index in [1.807, 2.05) is 37.4 Å². The summed E-state index contributed by atoms with van der Waals surface area (Å²) in [5.41, 5.74) is 2.02. The Labute approximate surface area is 118 Å². The second kappa shape index (κ2) is 5.63. The highest BCUT2D eigenvalue weighted by atomic mass is 19.1. The average molecular weight is 271 g/mol. The Morgan fingerprint density at radius 3 is 2.45 bits per heavy atom. The fraction of sp³-hybridized carbons (Fsp3) is 0.294. The highest BCUT2D eigenvalue weighted by Gasteiger charge is 2.23. The molecule has 104 valence electrons. The third kappa shape index (κ3) is 2.99. The van der Waals surface area contributed by atoms with Gasteiger partial charge in [0.15, 0.2) is 0 Å². The zero-order valence-electron chi connectivity index (χ0n) is 11.5. The van der Waals surface area contributed by atoms with Gasteiger partial charge in [0, 0.05) is 0 Å². The number of rotatable bonds is 5. The minimum Gasteiger partial charge on any atom is -0.490 e. The molecular weight excluding hydrogens is 253 g/mol. The normalized spacial score (nSPS) is 15.9. The Bertz CT molecular complexity index is 578. The smallest absolute Gasteiger partial charge is 0.123 e. The van der Waals surface area contributed by atoms with Crippen LogP contribution in [0.2, 0.25) is 0 Å². The summed E-state index contributed by atoms with van der Waals surface area (Å²) >= 11 is 0. The number of ether oxygens (including phenoxy) is 1. The van der Waals surface area contributed by atoms with Crippen LogP contribution < -0.4 is 10.1 Å². The van der Waals surface area contributed by atoms with Crippen LogP contribution in [0.4, 0.5) is 4.39 Å². The zero-order chi connectivity index (χ0) is 13.9. The van der Waals surface area contributed by atoms with Crippen molar-refractivity contribution in [2.75, 3.05) is 7.05 Å². The third-order valence-corrected chi connectivity index (χ3v) is 3.51. The summed E-state index contributed by atoms with van der Waals surface area (Å²) < 4.78 is 19.1. The summed E-state index contributed by atoms with van der Waals surface area (Å²) in [5, 5.41) is 3.23. The van der Waals surface area contributed by atoms with Crippen molar-refractivity contribution in [3.05, 3.63) is 65.5 Å². The summed E-state index contributed by atoms with van der Waals surface area (Å²) in [7, 11) is 1.88. The second-order valence-electron chi connectivity index (χ2n) is 5.16. The summed E-state index contributed by atoms with van der Waals surface area (Å²) in [6.45, 7) is 0. The lowest BCUT2D eigenvalue weighted by Crippen LogP contribution is -2.17. The van der Waals surface area contributed by atoms with E-state index in [1.165, 1.54) is 6.07 Å². The third-order valence-electron chi connectivity index (χ3n) is 3.51. The summed E-state index contributed by atoms with van der Waals surface area (Å²) in [6, 6.07) is 14.7. The minimum absolute atomic E-state index is 0.0133. The lowest BCUT2D eigenvalue weighted by Gasteiger charge is -2.17. The number of nitrogens with one attached hydrogen (secondary N) is 1.